The van der Waals surface area contributed by atoms with Crippen LogP contribution in [0.15, 0.2) is 0 Å². The van der Waals surface area contributed by atoms with Crippen molar-refractivity contribution in [1.82, 2.24) is 10.2 Å². The van der Waals surface area contributed by atoms with Crippen molar-refractivity contribution in [1.29, 1.82) is 0 Å². The second-order valence-electron chi connectivity index (χ2n) is 4.66. The van der Waals surface area contributed by atoms with Gasteiger partial charge in [-0.3, -0.25) is 0 Å². The predicted octanol–water partition coefficient (Wildman–Crippen LogP) is 0.195. The molecule has 0 aromatic rings. The largest absolute Gasteiger partial charge is 0.393 e. The van der Waals surface area contributed by atoms with Gasteiger partial charge in [-0.2, -0.15) is 0 Å². The number of hydrogen-bond acceptors (Lipinski definition) is 3. The Morgan fingerprint density at radius 1 is 1.38 bits per heavy atom. The van der Waals surface area contributed by atoms with Crippen molar-refractivity contribution < 1.29 is 5.11 Å². The number of aliphatic hydroxyl groups is 1. The Bertz CT molecular complexity index is 176. The number of aliphatic hydroxyl groups excluding tert-OH is 1. The monoisotopic (exact) mass is 184 g/mol. The quantitative estimate of drug-likeness (QED) is 0.564. The van der Waals surface area contributed by atoms with Crippen LogP contribution in [0.5, 0.6) is 0 Å². The molecule has 1 atom stereocenters. The van der Waals surface area contributed by atoms with Crippen molar-refractivity contribution in [3.05, 3.63) is 0 Å². The van der Waals surface area contributed by atoms with Crippen LogP contribution < -0.4 is 5.32 Å². The molecule has 2 heterocycles. The van der Waals surface area contributed by atoms with Crippen LogP contribution in [-0.4, -0.2) is 48.3 Å². The van der Waals surface area contributed by atoms with Crippen LogP contribution in [0, 0.1) is 0 Å². The van der Waals surface area contributed by atoms with Gasteiger partial charge in [0.25, 0.3) is 0 Å². The molecule has 2 fully saturated rings. The Kier molecular flexibility index (Phi) is 2.58. The molecule has 13 heavy (non-hydrogen) atoms. The van der Waals surface area contributed by atoms with Crippen LogP contribution in [-0.2, 0) is 0 Å². The third-order valence-corrected chi connectivity index (χ3v) is 3.55. The summed E-state index contributed by atoms with van der Waals surface area (Å²) in [6, 6.07) is 0. The van der Waals surface area contributed by atoms with E-state index in [0.717, 1.165) is 19.4 Å². The zero-order valence-corrected chi connectivity index (χ0v) is 8.42. The van der Waals surface area contributed by atoms with Gasteiger partial charge in [-0.15, -0.1) is 0 Å². The third kappa shape index (κ3) is 2.03. The van der Waals surface area contributed by atoms with Gasteiger partial charge in [0.15, 0.2) is 0 Å². The smallest absolute Gasteiger partial charge is 0.0570 e. The molecule has 3 heteroatoms. The zero-order valence-electron chi connectivity index (χ0n) is 8.42. The van der Waals surface area contributed by atoms with Gasteiger partial charge < -0.3 is 15.3 Å². The number of piperidine rings is 2. The number of nitrogens with one attached hydrogen (secondary N) is 1. The van der Waals surface area contributed by atoms with Gasteiger partial charge in [0.05, 0.1) is 6.10 Å². The van der Waals surface area contributed by atoms with E-state index in [4.69, 9.17) is 0 Å². The molecule has 0 radical (unpaired) electrons. The first-order valence-corrected chi connectivity index (χ1v) is 5.32. The SMILES string of the molecule is CN1CCC2(CC1)C[C@@H](O)CCN2. The molecule has 2 N–H and O–H groups in total. The fraction of sp³-hybridized carbons (Fsp3) is 1.00. The van der Waals surface area contributed by atoms with Crippen molar-refractivity contribution in [3.63, 3.8) is 0 Å². The molecule has 2 rings (SSSR count). The van der Waals surface area contributed by atoms with E-state index in [-0.39, 0.29) is 11.6 Å². The molecule has 0 aliphatic carbocycles. The second kappa shape index (κ2) is 3.56. The third-order valence-electron chi connectivity index (χ3n) is 3.55. The molecule has 0 unspecified atom stereocenters. The molecule has 1 spiro atoms. The second-order valence-corrected chi connectivity index (χ2v) is 4.66. The summed E-state index contributed by atoms with van der Waals surface area (Å²) in [6.07, 6.45) is 4.21. The maximum atomic E-state index is 9.64. The molecule has 0 amide bonds. The Labute approximate surface area is 80.1 Å². The minimum absolute atomic E-state index is 0.0651. The number of likely N-dealkylation sites (tertiary alicyclic amines) is 1. The van der Waals surface area contributed by atoms with Gasteiger partial charge in [0.1, 0.15) is 0 Å². The van der Waals surface area contributed by atoms with Crippen LogP contribution in [0.4, 0.5) is 0 Å². The molecule has 2 aliphatic heterocycles. The highest BCUT2D eigenvalue weighted by molar-refractivity contribution is 4.97. The Hall–Kier alpha value is -0.120. The summed E-state index contributed by atoms with van der Waals surface area (Å²) in [7, 11) is 2.17. The van der Waals surface area contributed by atoms with E-state index in [0.29, 0.717) is 0 Å². The van der Waals surface area contributed by atoms with Crippen molar-refractivity contribution >= 4 is 0 Å². The molecule has 76 valence electrons. The van der Waals surface area contributed by atoms with Crippen LogP contribution >= 0.6 is 0 Å². The molecule has 2 aliphatic rings. The maximum absolute atomic E-state index is 9.64. The fourth-order valence-corrected chi connectivity index (χ4v) is 2.56. The average Bonchev–Trinajstić information content (AvgIpc) is 2.11. The zero-order chi connectivity index (χ0) is 9.31. The maximum Gasteiger partial charge on any atom is 0.0570 e. The summed E-state index contributed by atoms with van der Waals surface area (Å²) in [6.45, 7) is 3.32. The average molecular weight is 184 g/mol. The van der Waals surface area contributed by atoms with E-state index in [9.17, 15) is 5.11 Å². The van der Waals surface area contributed by atoms with E-state index in [1.54, 1.807) is 0 Å². The van der Waals surface area contributed by atoms with Gasteiger partial charge in [-0.25, -0.2) is 0 Å². The summed E-state index contributed by atoms with van der Waals surface area (Å²) in [5, 5.41) is 13.2. The van der Waals surface area contributed by atoms with E-state index in [2.05, 4.69) is 17.3 Å². The first-order valence-electron chi connectivity index (χ1n) is 5.32. The number of hydrogen-bond donors (Lipinski definition) is 2. The lowest BCUT2D eigenvalue weighted by Crippen LogP contribution is -2.57. The van der Waals surface area contributed by atoms with Crippen LogP contribution in [0.1, 0.15) is 25.7 Å². The van der Waals surface area contributed by atoms with Crippen LogP contribution in [0.2, 0.25) is 0 Å². The summed E-state index contributed by atoms with van der Waals surface area (Å²) in [5.74, 6) is 0. The molecule has 0 aromatic heterocycles. The Morgan fingerprint density at radius 3 is 2.69 bits per heavy atom. The van der Waals surface area contributed by atoms with Crippen molar-refractivity contribution in [2.75, 3.05) is 26.7 Å². The van der Waals surface area contributed by atoms with Crippen molar-refractivity contribution in [2.24, 2.45) is 0 Å². The minimum atomic E-state index is -0.0651. The fourth-order valence-electron chi connectivity index (χ4n) is 2.56. The lowest BCUT2D eigenvalue weighted by atomic mass is 9.79. The molecule has 3 nitrogen and oxygen atoms in total. The van der Waals surface area contributed by atoms with Gasteiger partial charge >= 0.3 is 0 Å². The van der Waals surface area contributed by atoms with E-state index < -0.39 is 0 Å². The molecular formula is C10H20N2O. The number of rotatable bonds is 0. The lowest BCUT2D eigenvalue weighted by molar-refractivity contribution is 0.0438. The first-order chi connectivity index (χ1) is 6.20. The Balaban J connectivity index is 1.95. The summed E-state index contributed by atoms with van der Waals surface area (Å²) >= 11 is 0. The van der Waals surface area contributed by atoms with E-state index >= 15 is 0 Å². The van der Waals surface area contributed by atoms with Gasteiger partial charge in [0.2, 0.25) is 0 Å². The lowest BCUT2D eigenvalue weighted by Gasteiger charge is -2.45. The normalized spacial score (nSPS) is 35.1. The highest BCUT2D eigenvalue weighted by Gasteiger charge is 2.37. The standard InChI is InChI=1S/C10H20N2O/c1-12-6-3-10(4-7-12)8-9(13)2-5-11-10/h9,11,13H,2-8H2,1H3/t9-/m0/s1. The Morgan fingerprint density at radius 2 is 2.08 bits per heavy atom. The first kappa shape index (κ1) is 9.44. The molecule has 2 saturated heterocycles. The number of nitrogens with zero attached hydrogens (tertiary/aromatic N) is 1. The minimum Gasteiger partial charge on any atom is -0.393 e. The summed E-state index contributed by atoms with van der Waals surface area (Å²) in [4.78, 5) is 2.37. The summed E-state index contributed by atoms with van der Waals surface area (Å²) in [5.41, 5.74) is 0.268. The van der Waals surface area contributed by atoms with E-state index in [1.807, 2.05) is 0 Å². The molecular weight excluding hydrogens is 164 g/mol. The topological polar surface area (TPSA) is 35.5 Å². The van der Waals surface area contributed by atoms with Crippen molar-refractivity contribution in [2.45, 2.75) is 37.3 Å². The van der Waals surface area contributed by atoms with E-state index in [1.165, 1.54) is 25.9 Å². The van der Waals surface area contributed by atoms with Crippen LogP contribution in [0.3, 0.4) is 0 Å². The van der Waals surface area contributed by atoms with Gasteiger partial charge in [0, 0.05) is 5.54 Å². The molecule has 0 bridgehead atoms. The van der Waals surface area contributed by atoms with Crippen molar-refractivity contribution in [3.8, 4) is 0 Å². The predicted molar refractivity (Wildman–Crippen MR) is 52.7 cm³/mol. The van der Waals surface area contributed by atoms with Gasteiger partial charge in [-0.1, -0.05) is 0 Å². The van der Waals surface area contributed by atoms with Crippen LogP contribution in [0.25, 0.3) is 0 Å². The van der Waals surface area contributed by atoms with Gasteiger partial charge in [-0.05, 0) is 52.4 Å². The highest BCUT2D eigenvalue weighted by atomic mass is 16.3. The molecule has 0 saturated carbocycles. The highest BCUT2D eigenvalue weighted by Crippen LogP contribution is 2.29. The molecule has 0 aromatic carbocycles. The summed E-state index contributed by atoms with van der Waals surface area (Å²) < 4.78 is 0.